The maximum absolute atomic E-state index is 4.41. The Balaban J connectivity index is 1.35. The van der Waals surface area contributed by atoms with E-state index in [1.807, 2.05) is 18.3 Å². The van der Waals surface area contributed by atoms with Crippen molar-refractivity contribution in [3.8, 4) is 0 Å². The maximum Gasteiger partial charge on any atom is 0.0543 e. The predicted octanol–water partition coefficient (Wildman–Crippen LogP) is 3.35. The lowest BCUT2D eigenvalue weighted by molar-refractivity contribution is 0.191. The molecule has 0 bridgehead atoms. The van der Waals surface area contributed by atoms with Crippen LogP contribution in [-0.4, -0.2) is 35.6 Å². The monoisotopic (exact) mass is 307 g/mol. The van der Waals surface area contributed by atoms with Crippen molar-refractivity contribution in [1.82, 2.24) is 15.2 Å². The van der Waals surface area contributed by atoms with Crippen molar-refractivity contribution >= 4 is 6.08 Å². The number of nitrogens with zero attached hydrogens (tertiary/aromatic N) is 2. The molecule has 1 saturated heterocycles. The van der Waals surface area contributed by atoms with Crippen LogP contribution in [0.5, 0.6) is 0 Å². The van der Waals surface area contributed by atoms with Gasteiger partial charge < -0.3 is 5.32 Å². The van der Waals surface area contributed by atoms with Gasteiger partial charge >= 0.3 is 0 Å². The second-order valence-corrected chi connectivity index (χ2v) is 6.09. The molecule has 0 radical (unpaired) electrons. The van der Waals surface area contributed by atoms with Gasteiger partial charge in [0.15, 0.2) is 0 Å². The lowest BCUT2D eigenvalue weighted by Crippen LogP contribution is -2.42. The summed E-state index contributed by atoms with van der Waals surface area (Å²) in [6.07, 6.45) is 8.71. The molecule has 3 heteroatoms. The standard InChI is InChI=1S/C20H25N3/c1-2-7-18(8-3-1)9-6-14-21-19-11-15-23(16-12-19)17-20-10-4-5-13-22-20/h1-10,13,19,21H,11-12,14-17H2. The predicted molar refractivity (Wildman–Crippen MR) is 96.0 cm³/mol. The smallest absolute Gasteiger partial charge is 0.0543 e. The Morgan fingerprint density at radius 1 is 1.04 bits per heavy atom. The fourth-order valence-corrected chi connectivity index (χ4v) is 3.01. The highest BCUT2D eigenvalue weighted by Crippen LogP contribution is 2.12. The second kappa shape index (κ2) is 8.61. The van der Waals surface area contributed by atoms with Crippen LogP contribution in [0.25, 0.3) is 6.08 Å². The number of likely N-dealkylation sites (tertiary alicyclic amines) is 1. The average Bonchev–Trinajstić information content (AvgIpc) is 2.62. The van der Waals surface area contributed by atoms with Crippen LogP contribution in [0.15, 0.2) is 60.8 Å². The van der Waals surface area contributed by atoms with E-state index >= 15 is 0 Å². The molecule has 2 heterocycles. The summed E-state index contributed by atoms with van der Waals surface area (Å²) in [4.78, 5) is 6.92. The minimum absolute atomic E-state index is 0.635. The van der Waals surface area contributed by atoms with E-state index in [-0.39, 0.29) is 0 Å². The molecule has 0 spiro atoms. The third-order valence-corrected chi connectivity index (χ3v) is 4.33. The van der Waals surface area contributed by atoms with Gasteiger partial charge in [-0.15, -0.1) is 0 Å². The molecule has 1 aromatic carbocycles. The van der Waals surface area contributed by atoms with Crippen LogP contribution in [0.4, 0.5) is 0 Å². The zero-order valence-electron chi connectivity index (χ0n) is 13.6. The molecule has 0 atom stereocenters. The SMILES string of the molecule is C(=Cc1ccccc1)CNC1CCN(Cc2ccccn2)CC1. The van der Waals surface area contributed by atoms with Gasteiger partial charge in [0.1, 0.15) is 0 Å². The van der Waals surface area contributed by atoms with Gasteiger partial charge in [0.05, 0.1) is 5.69 Å². The third kappa shape index (κ3) is 5.31. The Bertz CT molecular complexity index is 587. The van der Waals surface area contributed by atoms with Gasteiger partial charge in [-0.3, -0.25) is 9.88 Å². The normalized spacial score (nSPS) is 16.9. The number of hydrogen-bond donors (Lipinski definition) is 1. The molecule has 1 N–H and O–H groups in total. The third-order valence-electron chi connectivity index (χ3n) is 4.33. The first kappa shape index (κ1) is 15.9. The summed E-state index contributed by atoms with van der Waals surface area (Å²) >= 11 is 0. The Morgan fingerprint density at radius 3 is 2.57 bits per heavy atom. The van der Waals surface area contributed by atoms with E-state index in [2.05, 4.69) is 63.8 Å². The van der Waals surface area contributed by atoms with Crippen LogP contribution in [0.1, 0.15) is 24.1 Å². The summed E-state index contributed by atoms with van der Waals surface area (Å²) in [5.41, 5.74) is 2.43. The first-order valence-corrected chi connectivity index (χ1v) is 8.47. The quantitative estimate of drug-likeness (QED) is 0.887. The van der Waals surface area contributed by atoms with Crippen LogP contribution in [-0.2, 0) is 6.54 Å². The van der Waals surface area contributed by atoms with E-state index in [1.54, 1.807) is 0 Å². The first-order valence-electron chi connectivity index (χ1n) is 8.47. The van der Waals surface area contributed by atoms with Gasteiger partial charge in [-0.1, -0.05) is 48.6 Å². The van der Waals surface area contributed by atoms with E-state index in [9.17, 15) is 0 Å². The summed E-state index contributed by atoms with van der Waals surface area (Å²) in [6.45, 7) is 4.22. The largest absolute Gasteiger partial charge is 0.310 e. The number of piperidine rings is 1. The highest BCUT2D eigenvalue weighted by molar-refractivity contribution is 5.48. The van der Waals surface area contributed by atoms with Gasteiger partial charge in [0.2, 0.25) is 0 Å². The molecule has 1 aliphatic rings. The van der Waals surface area contributed by atoms with Crippen LogP contribution in [0.2, 0.25) is 0 Å². The Hall–Kier alpha value is -1.97. The van der Waals surface area contributed by atoms with Crippen molar-refractivity contribution in [3.63, 3.8) is 0 Å². The fourth-order valence-electron chi connectivity index (χ4n) is 3.01. The Morgan fingerprint density at radius 2 is 1.83 bits per heavy atom. The topological polar surface area (TPSA) is 28.2 Å². The minimum atomic E-state index is 0.635. The molecule has 0 amide bonds. The van der Waals surface area contributed by atoms with Crippen LogP contribution < -0.4 is 5.32 Å². The van der Waals surface area contributed by atoms with Gasteiger partial charge in [-0.25, -0.2) is 0 Å². The molecule has 0 unspecified atom stereocenters. The van der Waals surface area contributed by atoms with E-state index in [4.69, 9.17) is 0 Å². The summed E-state index contributed by atoms with van der Waals surface area (Å²) in [7, 11) is 0. The summed E-state index contributed by atoms with van der Waals surface area (Å²) in [5.74, 6) is 0. The van der Waals surface area contributed by atoms with Crippen LogP contribution in [0, 0.1) is 0 Å². The van der Waals surface area contributed by atoms with Crippen molar-refractivity contribution in [2.75, 3.05) is 19.6 Å². The van der Waals surface area contributed by atoms with Crippen molar-refractivity contribution in [3.05, 3.63) is 72.1 Å². The summed E-state index contributed by atoms with van der Waals surface area (Å²) in [5, 5.41) is 3.65. The van der Waals surface area contributed by atoms with Gasteiger partial charge in [-0.2, -0.15) is 0 Å². The van der Waals surface area contributed by atoms with E-state index < -0.39 is 0 Å². The van der Waals surface area contributed by atoms with Crippen LogP contribution >= 0.6 is 0 Å². The first-order chi connectivity index (χ1) is 11.4. The van der Waals surface area contributed by atoms with Gasteiger partial charge in [-0.05, 0) is 30.5 Å². The summed E-state index contributed by atoms with van der Waals surface area (Å²) < 4.78 is 0. The van der Waals surface area contributed by atoms with E-state index in [0.29, 0.717) is 6.04 Å². The van der Waals surface area contributed by atoms with Gasteiger partial charge in [0.25, 0.3) is 0 Å². The number of rotatable bonds is 6. The number of aromatic nitrogens is 1. The molecule has 23 heavy (non-hydrogen) atoms. The van der Waals surface area contributed by atoms with E-state index in [0.717, 1.165) is 26.2 Å². The van der Waals surface area contributed by atoms with Crippen molar-refractivity contribution < 1.29 is 0 Å². The van der Waals surface area contributed by atoms with Crippen LogP contribution in [0.3, 0.4) is 0 Å². The zero-order valence-corrected chi connectivity index (χ0v) is 13.6. The molecule has 0 aliphatic carbocycles. The molecule has 1 fully saturated rings. The molecule has 2 aromatic rings. The van der Waals surface area contributed by atoms with Crippen molar-refractivity contribution in [1.29, 1.82) is 0 Å². The molecule has 120 valence electrons. The molecular weight excluding hydrogens is 282 g/mol. The molecular formula is C20H25N3. The highest BCUT2D eigenvalue weighted by Gasteiger charge is 2.18. The number of pyridine rings is 1. The number of hydrogen-bond acceptors (Lipinski definition) is 3. The number of nitrogens with one attached hydrogen (secondary N) is 1. The minimum Gasteiger partial charge on any atom is -0.310 e. The molecule has 1 aliphatic heterocycles. The number of benzene rings is 1. The van der Waals surface area contributed by atoms with E-state index in [1.165, 1.54) is 24.1 Å². The van der Waals surface area contributed by atoms with Crippen molar-refractivity contribution in [2.24, 2.45) is 0 Å². The average molecular weight is 307 g/mol. The lowest BCUT2D eigenvalue weighted by atomic mass is 10.0. The van der Waals surface area contributed by atoms with Gasteiger partial charge in [0, 0.05) is 38.4 Å². The molecule has 3 rings (SSSR count). The zero-order chi connectivity index (χ0) is 15.7. The fraction of sp³-hybridized carbons (Fsp3) is 0.350. The van der Waals surface area contributed by atoms with Crippen molar-refractivity contribution in [2.45, 2.75) is 25.4 Å². The summed E-state index contributed by atoms with van der Waals surface area (Å²) in [6, 6.07) is 17.2. The second-order valence-electron chi connectivity index (χ2n) is 6.09. The Labute approximate surface area is 139 Å². The molecule has 1 aromatic heterocycles. The maximum atomic E-state index is 4.41. The highest BCUT2D eigenvalue weighted by atomic mass is 15.1. The molecule has 0 saturated carbocycles. The lowest BCUT2D eigenvalue weighted by Gasteiger charge is -2.32. The molecule has 3 nitrogen and oxygen atoms in total. The Kier molecular flexibility index (Phi) is 5.95.